The molecule has 0 radical (unpaired) electrons. The lowest BCUT2D eigenvalue weighted by Gasteiger charge is -2.06. The molecule has 0 spiro atoms. The number of carbonyl (C=O) groups is 1. The maximum Gasteiger partial charge on any atom is 0.441 e. The van der Waals surface area contributed by atoms with Gasteiger partial charge in [0.2, 0.25) is 0 Å². The molecule has 0 atom stereocenters. The first kappa shape index (κ1) is 13.7. The van der Waals surface area contributed by atoms with E-state index in [2.05, 4.69) is 9.84 Å². The van der Waals surface area contributed by atoms with Gasteiger partial charge in [0.15, 0.2) is 0 Å². The summed E-state index contributed by atoms with van der Waals surface area (Å²) in [7, 11) is 0. The van der Waals surface area contributed by atoms with Crippen LogP contribution in [0, 0.1) is 0 Å². The second-order valence-electron chi connectivity index (χ2n) is 2.95. The van der Waals surface area contributed by atoms with Crippen LogP contribution in [0.4, 0.5) is 19.0 Å². The number of anilines is 1. The van der Waals surface area contributed by atoms with Crippen LogP contribution in [0.2, 0.25) is 0 Å². The van der Waals surface area contributed by atoms with Crippen molar-refractivity contribution < 1.29 is 22.7 Å². The Labute approximate surface area is 99.1 Å². The van der Waals surface area contributed by atoms with E-state index in [1.807, 2.05) is 0 Å². The van der Waals surface area contributed by atoms with Crippen LogP contribution in [0.25, 0.3) is 0 Å². The highest BCUT2D eigenvalue weighted by atomic mass is 32.2. The summed E-state index contributed by atoms with van der Waals surface area (Å²) in [5.74, 6) is -0.725. The van der Waals surface area contributed by atoms with Gasteiger partial charge in [-0.05, 0) is 17.8 Å². The number of nitrogens with zero attached hydrogens (tertiary/aromatic N) is 2. The second-order valence-corrected chi connectivity index (χ2v) is 4.11. The molecule has 9 heteroatoms. The summed E-state index contributed by atoms with van der Waals surface area (Å²) in [4.78, 5) is 11.1. The number of nitrogens with two attached hydrogens (primary N) is 1. The highest BCUT2D eigenvalue weighted by molar-refractivity contribution is 8.00. The maximum absolute atomic E-state index is 11.7. The summed E-state index contributed by atoms with van der Waals surface area (Å²) in [5, 5.41) is 3.73. The lowest BCUT2D eigenvalue weighted by Crippen LogP contribution is -2.16. The number of alkyl halides is 3. The molecule has 0 aliphatic heterocycles. The number of ether oxygens (including phenoxy) is 1. The van der Waals surface area contributed by atoms with Crippen LogP contribution in [0.15, 0.2) is 12.3 Å². The minimum atomic E-state index is -4.30. The Morgan fingerprint density at radius 3 is 2.82 bits per heavy atom. The number of hydrogen-bond acceptors (Lipinski definition) is 5. The first-order chi connectivity index (χ1) is 7.87. The fraction of sp³-hybridized carbons (Fsp3) is 0.500. The molecule has 1 heterocycles. The molecule has 2 N–H and O–H groups in total. The van der Waals surface area contributed by atoms with Crippen molar-refractivity contribution in [3.8, 4) is 0 Å². The molecule has 1 rings (SSSR count). The topological polar surface area (TPSA) is 70.1 Å². The third-order valence-electron chi connectivity index (χ3n) is 1.56. The SMILES string of the molecule is Nc1ccn(CC(=O)OCCSC(F)(F)F)n1. The van der Waals surface area contributed by atoms with E-state index >= 15 is 0 Å². The quantitative estimate of drug-likeness (QED) is 0.643. The molecule has 0 aliphatic rings. The van der Waals surface area contributed by atoms with Crippen LogP contribution < -0.4 is 5.73 Å². The zero-order valence-corrected chi connectivity index (χ0v) is 9.42. The fourth-order valence-corrected chi connectivity index (χ4v) is 1.35. The van der Waals surface area contributed by atoms with E-state index < -0.39 is 11.5 Å². The highest BCUT2D eigenvalue weighted by Gasteiger charge is 2.27. The monoisotopic (exact) mass is 269 g/mol. The van der Waals surface area contributed by atoms with Gasteiger partial charge in [0.1, 0.15) is 19.0 Å². The largest absolute Gasteiger partial charge is 0.463 e. The van der Waals surface area contributed by atoms with Gasteiger partial charge in [-0.3, -0.25) is 9.48 Å². The van der Waals surface area contributed by atoms with Crippen molar-refractivity contribution in [1.29, 1.82) is 0 Å². The van der Waals surface area contributed by atoms with E-state index in [-0.39, 0.29) is 36.5 Å². The van der Waals surface area contributed by atoms with Crippen molar-refractivity contribution in [1.82, 2.24) is 9.78 Å². The van der Waals surface area contributed by atoms with E-state index in [9.17, 15) is 18.0 Å². The Bertz CT molecular complexity index is 380. The van der Waals surface area contributed by atoms with Gasteiger partial charge in [-0.1, -0.05) is 0 Å². The standard InChI is InChI=1S/C8H10F3N3O2S/c9-8(10,11)17-4-3-16-7(15)5-14-2-1-6(12)13-14/h1-2H,3-5H2,(H2,12,13). The molecule has 0 bridgehead atoms. The summed E-state index contributed by atoms with van der Waals surface area (Å²) in [5.41, 5.74) is 1.01. The molecule has 1 aromatic rings. The van der Waals surface area contributed by atoms with Crippen molar-refractivity contribution >= 4 is 23.5 Å². The van der Waals surface area contributed by atoms with Gasteiger partial charge in [-0.2, -0.15) is 18.3 Å². The number of thioether (sulfide) groups is 1. The van der Waals surface area contributed by atoms with E-state index in [0.717, 1.165) is 0 Å². The van der Waals surface area contributed by atoms with Crippen LogP contribution in [0.1, 0.15) is 0 Å². The zero-order valence-electron chi connectivity index (χ0n) is 8.61. The lowest BCUT2D eigenvalue weighted by atomic mass is 10.6. The average Bonchev–Trinajstić information content (AvgIpc) is 2.57. The van der Waals surface area contributed by atoms with Crippen LogP contribution >= 0.6 is 11.8 Å². The molecule has 0 saturated carbocycles. The van der Waals surface area contributed by atoms with Gasteiger partial charge in [0.25, 0.3) is 0 Å². The fourth-order valence-electron chi connectivity index (χ4n) is 0.956. The third kappa shape index (κ3) is 6.05. The van der Waals surface area contributed by atoms with Crippen LogP contribution in [-0.4, -0.2) is 33.6 Å². The smallest absolute Gasteiger partial charge is 0.441 e. The number of hydrogen-bond donors (Lipinski definition) is 1. The Balaban J connectivity index is 2.18. The molecule has 0 aliphatic carbocycles. The second kappa shape index (κ2) is 5.80. The van der Waals surface area contributed by atoms with Gasteiger partial charge in [-0.25, -0.2) is 0 Å². The number of esters is 1. The Morgan fingerprint density at radius 1 is 1.59 bits per heavy atom. The number of halogens is 3. The van der Waals surface area contributed by atoms with Crippen molar-refractivity contribution in [2.24, 2.45) is 0 Å². The molecular formula is C8H10F3N3O2S. The summed E-state index contributed by atoms with van der Waals surface area (Å²) >= 11 is -0.234. The normalized spacial score (nSPS) is 11.5. The van der Waals surface area contributed by atoms with Crippen LogP contribution in [-0.2, 0) is 16.1 Å². The number of nitrogen functional groups attached to an aromatic ring is 1. The van der Waals surface area contributed by atoms with Gasteiger partial charge in [-0.15, -0.1) is 0 Å². The molecule has 5 nitrogen and oxygen atoms in total. The number of aromatic nitrogens is 2. The molecule has 0 amide bonds. The van der Waals surface area contributed by atoms with Gasteiger partial charge in [0, 0.05) is 11.9 Å². The van der Waals surface area contributed by atoms with Crippen molar-refractivity contribution in [2.45, 2.75) is 12.1 Å². The van der Waals surface area contributed by atoms with Crippen molar-refractivity contribution in [3.63, 3.8) is 0 Å². The Hall–Kier alpha value is -1.38. The maximum atomic E-state index is 11.7. The number of rotatable bonds is 5. The third-order valence-corrected chi connectivity index (χ3v) is 2.26. The van der Waals surface area contributed by atoms with Gasteiger partial charge < -0.3 is 10.5 Å². The van der Waals surface area contributed by atoms with Gasteiger partial charge >= 0.3 is 11.5 Å². The predicted molar refractivity (Wildman–Crippen MR) is 56.1 cm³/mol. The molecular weight excluding hydrogens is 259 g/mol. The summed E-state index contributed by atoms with van der Waals surface area (Å²) in [6, 6.07) is 1.49. The van der Waals surface area contributed by atoms with E-state index in [1.165, 1.54) is 16.9 Å². The van der Waals surface area contributed by atoms with Gasteiger partial charge in [0.05, 0.1) is 0 Å². The molecule has 1 aromatic heterocycles. The zero-order chi connectivity index (χ0) is 12.9. The first-order valence-electron chi connectivity index (χ1n) is 4.52. The summed E-state index contributed by atoms with van der Waals surface area (Å²) < 4.78 is 41.0. The molecule has 17 heavy (non-hydrogen) atoms. The van der Waals surface area contributed by atoms with E-state index in [0.29, 0.717) is 0 Å². The molecule has 96 valence electrons. The Morgan fingerprint density at radius 2 is 2.29 bits per heavy atom. The number of carbonyl (C=O) groups excluding carboxylic acids is 1. The van der Waals surface area contributed by atoms with Crippen LogP contribution in [0.3, 0.4) is 0 Å². The molecule has 0 saturated heterocycles. The predicted octanol–water partition coefficient (Wildman–Crippen LogP) is 1.26. The molecule has 0 fully saturated rings. The summed E-state index contributed by atoms with van der Waals surface area (Å²) in [6.07, 6.45) is 1.47. The average molecular weight is 269 g/mol. The molecule has 0 unspecified atom stereocenters. The molecule has 0 aromatic carbocycles. The van der Waals surface area contributed by atoms with E-state index in [4.69, 9.17) is 5.73 Å². The highest BCUT2D eigenvalue weighted by Crippen LogP contribution is 2.29. The van der Waals surface area contributed by atoms with Crippen molar-refractivity contribution in [2.75, 3.05) is 18.1 Å². The Kier molecular flexibility index (Phi) is 4.67. The minimum Gasteiger partial charge on any atom is -0.463 e. The van der Waals surface area contributed by atoms with Crippen molar-refractivity contribution in [3.05, 3.63) is 12.3 Å². The lowest BCUT2D eigenvalue weighted by molar-refractivity contribution is -0.144. The van der Waals surface area contributed by atoms with E-state index in [1.54, 1.807) is 0 Å². The minimum absolute atomic E-state index is 0.173. The first-order valence-corrected chi connectivity index (χ1v) is 5.50. The summed E-state index contributed by atoms with van der Waals surface area (Å²) in [6.45, 7) is -0.465. The van der Waals surface area contributed by atoms with Crippen LogP contribution in [0.5, 0.6) is 0 Å².